The Hall–Kier alpha value is 0.220. The van der Waals surface area contributed by atoms with Crippen LogP contribution in [0.3, 0.4) is 0 Å². The fourth-order valence-corrected chi connectivity index (χ4v) is 6.14. The maximum atomic E-state index is 12.0. The van der Waals surface area contributed by atoms with Crippen LogP contribution in [0.2, 0.25) is 0 Å². The van der Waals surface area contributed by atoms with Crippen molar-refractivity contribution in [2.24, 2.45) is 5.41 Å². The molecular weight excluding hydrogens is 280 g/mol. The smallest absolute Gasteiger partial charge is 0.164 e. The third-order valence-electron chi connectivity index (χ3n) is 4.64. The molecule has 112 valence electrons. The van der Waals surface area contributed by atoms with Crippen molar-refractivity contribution < 1.29 is 8.42 Å². The topological polar surface area (TPSA) is 49.4 Å². The molecule has 2 aliphatic heterocycles. The minimum absolute atomic E-state index is 0.274. The average Bonchev–Trinajstić information content (AvgIpc) is 2.39. The molecule has 2 aliphatic rings. The van der Waals surface area contributed by atoms with E-state index in [0.717, 1.165) is 44.1 Å². The standard InChI is InChI=1S/C13H26N2O2S2/c1-3-13(4-6-14-7-5-13)11-15-8-9-18-10-12(15)19(2,16)17/h12,14H,3-11H2,1-2H3. The lowest BCUT2D eigenvalue weighted by Gasteiger charge is -2.44. The van der Waals surface area contributed by atoms with Crippen molar-refractivity contribution >= 4 is 21.6 Å². The Balaban J connectivity index is 2.10. The highest BCUT2D eigenvalue weighted by atomic mass is 32.2. The van der Waals surface area contributed by atoms with E-state index in [4.69, 9.17) is 0 Å². The molecule has 0 saturated carbocycles. The van der Waals surface area contributed by atoms with Gasteiger partial charge in [0.05, 0.1) is 0 Å². The lowest BCUT2D eigenvalue weighted by Crippen LogP contribution is -2.53. The monoisotopic (exact) mass is 306 g/mol. The van der Waals surface area contributed by atoms with E-state index in [0.29, 0.717) is 5.41 Å². The van der Waals surface area contributed by atoms with Gasteiger partial charge in [0, 0.05) is 30.9 Å². The van der Waals surface area contributed by atoms with Crippen molar-refractivity contribution in [3.05, 3.63) is 0 Å². The molecule has 19 heavy (non-hydrogen) atoms. The predicted molar refractivity (Wildman–Crippen MR) is 82.4 cm³/mol. The Morgan fingerprint density at radius 3 is 2.63 bits per heavy atom. The van der Waals surface area contributed by atoms with E-state index >= 15 is 0 Å². The highest BCUT2D eigenvalue weighted by molar-refractivity contribution is 8.00. The lowest BCUT2D eigenvalue weighted by molar-refractivity contribution is 0.104. The van der Waals surface area contributed by atoms with Gasteiger partial charge in [-0.15, -0.1) is 0 Å². The van der Waals surface area contributed by atoms with Gasteiger partial charge in [-0.3, -0.25) is 4.90 Å². The lowest BCUT2D eigenvalue weighted by atomic mass is 9.76. The average molecular weight is 306 g/mol. The van der Waals surface area contributed by atoms with E-state index in [1.807, 2.05) is 0 Å². The SMILES string of the molecule is CCC1(CN2CCSCC2S(C)(=O)=O)CCNCC1. The summed E-state index contributed by atoms with van der Waals surface area (Å²) in [6.45, 7) is 6.25. The number of piperidine rings is 1. The number of hydrogen-bond acceptors (Lipinski definition) is 5. The maximum Gasteiger partial charge on any atom is 0.164 e. The van der Waals surface area contributed by atoms with E-state index in [1.165, 1.54) is 19.1 Å². The zero-order chi connectivity index (χ0) is 13.9. The van der Waals surface area contributed by atoms with Gasteiger partial charge < -0.3 is 5.32 Å². The molecule has 0 bridgehead atoms. The molecule has 2 saturated heterocycles. The first kappa shape index (κ1) is 15.6. The van der Waals surface area contributed by atoms with E-state index < -0.39 is 9.84 Å². The third-order valence-corrected chi connectivity index (χ3v) is 7.32. The van der Waals surface area contributed by atoms with Crippen molar-refractivity contribution in [2.45, 2.75) is 31.6 Å². The largest absolute Gasteiger partial charge is 0.317 e. The van der Waals surface area contributed by atoms with E-state index in [9.17, 15) is 8.42 Å². The molecule has 0 spiro atoms. The Morgan fingerprint density at radius 1 is 1.37 bits per heavy atom. The normalized spacial score (nSPS) is 29.3. The van der Waals surface area contributed by atoms with Crippen molar-refractivity contribution in [1.29, 1.82) is 0 Å². The van der Waals surface area contributed by atoms with Gasteiger partial charge in [-0.25, -0.2) is 8.42 Å². The number of nitrogens with one attached hydrogen (secondary N) is 1. The van der Waals surface area contributed by atoms with Crippen molar-refractivity contribution in [3.63, 3.8) is 0 Å². The number of sulfone groups is 1. The zero-order valence-corrected chi connectivity index (χ0v) is 13.7. The molecule has 6 heteroatoms. The summed E-state index contributed by atoms with van der Waals surface area (Å²) in [5, 5.41) is 3.14. The van der Waals surface area contributed by atoms with Crippen molar-refractivity contribution in [3.8, 4) is 0 Å². The summed E-state index contributed by atoms with van der Waals surface area (Å²) in [5.41, 5.74) is 0.316. The van der Waals surface area contributed by atoms with Gasteiger partial charge in [-0.1, -0.05) is 6.92 Å². The van der Waals surface area contributed by atoms with E-state index in [-0.39, 0.29) is 5.37 Å². The van der Waals surface area contributed by atoms with Crippen molar-refractivity contribution in [1.82, 2.24) is 10.2 Å². The molecule has 2 rings (SSSR count). The van der Waals surface area contributed by atoms with Crippen LogP contribution in [0.5, 0.6) is 0 Å². The first-order valence-electron chi connectivity index (χ1n) is 7.18. The Kier molecular flexibility index (Phi) is 5.20. The van der Waals surface area contributed by atoms with Crippen LogP contribution in [-0.4, -0.2) is 62.6 Å². The van der Waals surface area contributed by atoms with E-state index in [2.05, 4.69) is 17.1 Å². The molecular formula is C13H26N2O2S2. The van der Waals surface area contributed by atoms with Gasteiger partial charge in [-0.2, -0.15) is 11.8 Å². The Morgan fingerprint density at radius 2 is 2.05 bits per heavy atom. The highest BCUT2D eigenvalue weighted by Gasteiger charge is 2.38. The van der Waals surface area contributed by atoms with Crippen LogP contribution in [0.25, 0.3) is 0 Å². The summed E-state index contributed by atoms with van der Waals surface area (Å²) >= 11 is 1.77. The summed E-state index contributed by atoms with van der Waals surface area (Å²) in [4.78, 5) is 2.24. The molecule has 0 amide bonds. The third kappa shape index (κ3) is 3.86. The Bertz CT molecular complexity index is 391. The summed E-state index contributed by atoms with van der Waals surface area (Å²) in [6, 6.07) is 0. The maximum absolute atomic E-state index is 12.0. The van der Waals surface area contributed by atoms with Gasteiger partial charge in [0.2, 0.25) is 0 Å². The molecule has 1 atom stereocenters. The summed E-state index contributed by atoms with van der Waals surface area (Å²) in [5.74, 6) is 1.79. The minimum Gasteiger partial charge on any atom is -0.317 e. The summed E-state index contributed by atoms with van der Waals surface area (Å²) in [6.07, 6.45) is 4.87. The molecule has 4 nitrogen and oxygen atoms in total. The molecule has 1 N–H and O–H groups in total. The molecule has 0 aromatic heterocycles. The number of rotatable bonds is 4. The van der Waals surface area contributed by atoms with Crippen LogP contribution in [0, 0.1) is 5.41 Å². The summed E-state index contributed by atoms with van der Waals surface area (Å²) in [7, 11) is -2.97. The second-order valence-corrected chi connectivity index (χ2v) is 9.29. The molecule has 0 aromatic rings. The molecule has 0 radical (unpaired) electrons. The van der Waals surface area contributed by atoms with Crippen LogP contribution >= 0.6 is 11.8 Å². The molecule has 0 aliphatic carbocycles. The second kappa shape index (κ2) is 6.33. The fourth-order valence-electron chi connectivity index (χ4n) is 3.20. The molecule has 2 fully saturated rings. The predicted octanol–water partition coefficient (Wildman–Crippen LogP) is 1.19. The zero-order valence-electron chi connectivity index (χ0n) is 12.0. The van der Waals surface area contributed by atoms with Crippen LogP contribution in [0.1, 0.15) is 26.2 Å². The molecule has 1 unspecified atom stereocenters. The van der Waals surface area contributed by atoms with Gasteiger partial charge in [0.25, 0.3) is 0 Å². The molecule has 2 heterocycles. The number of hydrogen-bond donors (Lipinski definition) is 1. The second-order valence-electron chi connectivity index (χ2n) is 5.93. The van der Waals surface area contributed by atoms with Crippen LogP contribution in [0.4, 0.5) is 0 Å². The van der Waals surface area contributed by atoms with Gasteiger partial charge in [0.1, 0.15) is 5.37 Å². The van der Waals surface area contributed by atoms with Gasteiger partial charge in [0.15, 0.2) is 9.84 Å². The van der Waals surface area contributed by atoms with E-state index in [1.54, 1.807) is 11.8 Å². The minimum atomic E-state index is -2.97. The number of thioether (sulfide) groups is 1. The first-order chi connectivity index (χ1) is 8.97. The highest BCUT2D eigenvalue weighted by Crippen LogP contribution is 2.35. The molecule has 0 aromatic carbocycles. The fraction of sp³-hybridized carbons (Fsp3) is 1.00. The Labute approximate surface area is 121 Å². The number of nitrogens with zero attached hydrogens (tertiary/aromatic N) is 1. The first-order valence-corrected chi connectivity index (χ1v) is 10.3. The van der Waals surface area contributed by atoms with Gasteiger partial charge >= 0.3 is 0 Å². The van der Waals surface area contributed by atoms with Crippen LogP contribution < -0.4 is 5.32 Å². The van der Waals surface area contributed by atoms with Crippen molar-refractivity contribution in [2.75, 3.05) is 43.9 Å². The van der Waals surface area contributed by atoms with Gasteiger partial charge in [-0.05, 0) is 37.8 Å². The quantitative estimate of drug-likeness (QED) is 0.845. The van der Waals surface area contributed by atoms with Crippen LogP contribution in [-0.2, 0) is 9.84 Å². The summed E-state index contributed by atoms with van der Waals surface area (Å²) < 4.78 is 23.9. The van der Waals surface area contributed by atoms with Crippen LogP contribution in [0.15, 0.2) is 0 Å².